The topological polar surface area (TPSA) is 69.7 Å². The van der Waals surface area contributed by atoms with E-state index in [1.807, 2.05) is 6.07 Å². The second-order valence-electron chi connectivity index (χ2n) is 4.48. The van der Waals surface area contributed by atoms with Gasteiger partial charge in [-0.2, -0.15) is 0 Å². The summed E-state index contributed by atoms with van der Waals surface area (Å²) >= 11 is 0. The van der Waals surface area contributed by atoms with Crippen molar-refractivity contribution in [1.82, 2.24) is 4.98 Å². The Hall–Kier alpha value is -1.66. The van der Waals surface area contributed by atoms with Gasteiger partial charge in [0, 0.05) is 20.8 Å². The van der Waals surface area contributed by atoms with Crippen molar-refractivity contribution >= 4 is 11.8 Å². The first-order chi connectivity index (χ1) is 9.71. The minimum Gasteiger partial charge on any atom is -0.462 e. The van der Waals surface area contributed by atoms with Crippen molar-refractivity contribution in [1.29, 1.82) is 0 Å². The molecule has 6 nitrogen and oxygen atoms in total. The van der Waals surface area contributed by atoms with Gasteiger partial charge in [0.15, 0.2) is 0 Å². The van der Waals surface area contributed by atoms with Crippen LogP contribution in [0.3, 0.4) is 0 Å². The van der Waals surface area contributed by atoms with Crippen molar-refractivity contribution in [3.8, 4) is 0 Å². The first-order valence-electron chi connectivity index (χ1n) is 6.71. The molecule has 0 amide bonds. The number of ether oxygens (including phenoxy) is 3. The molecule has 1 aromatic rings. The van der Waals surface area contributed by atoms with Crippen molar-refractivity contribution in [3.05, 3.63) is 22.9 Å². The van der Waals surface area contributed by atoms with Crippen LogP contribution in [-0.4, -0.2) is 38.3 Å². The quantitative estimate of drug-likeness (QED) is 0.656. The summed E-state index contributed by atoms with van der Waals surface area (Å²) in [4.78, 5) is 16.6. The number of hydrogen-bond acceptors (Lipinski definition) is 6. The van der Waals surface area contributed by atoms with Crippen molar-refractivity contribution in [2.75, 3.05) is 32.7 Å². The number of hydrogen-bond donors (Lipinski definition) is 1. The van der Waals surface area contributed by atoms with Crippen LogP contribution in [0.5, 0.6) is 0 Å². The van der Waals surface area contributed by atoms with Crippen molar-refractivity contribution in [2.45, 2.75) is 26.1 Å². The van der Waals surface area contributed by atoms with Gasteiger partial charge in [-0.3, -0.25) is 0 Å². The third-order valence-electron chi connectivity index (χ3n) is 3.19. The number of nitrogens with one attached hydrogen (secondary N) is 1. The Labute approximate surface area is 118 Å². The monoisotopic (exact) mass is 280 g/mol. The molecule has 0 saturated heterocycles. The smallest absolute Gasteiger partial charge is 0.340 e. The average molecular weight is 280 g/mol. The molecule has 2 rings (SSSR count). The van der Waals surface area contributed by atoms with Crippen molar-refractivity contribution in [3.63, 3.8) is 0 Å². The highest BCUT2D eigenvalue weighted by Crippen LogP contribution is 2.28. The molecule has 1 aliphatic rings. The molecule has 0 unspecified atom stereocenters. The lowest BCUT2D eigenvalue weighted by Crippen LogP contribution is -2.20. The number of aryl methyl sites for hydroxylation is 1. The third kappa shape index (κ3) is 2.91. The molecule has 0 spiro atoms. The number of rotatable bonds is 5. The van der Waals surface area contributed by atoms with E-state index in [4.69, 9.17) is 14.2 Å². The van der Waals surface area contributed by atoms with Gasteiger partial charge in [-0.05, 0) is 31.4 Å². The zero-order chi connectivity index (χ0) is 14.5. The molecule has 0 radical (unpaired) electrons. The van der Waals surface area contributed by atoms with Crippen molar-refractivity contribution < 1.29 is 19.0 Å². The molecule has 2 heterocycles. The van der Waals surface area contributed by atoms with Gasteiger partial charge >= 0.3 is 5.97 Å². The van der Waals surface area contributed by atoms with Gasteiger partial charge in [0.05, 0.1) is 12.2 Å². The lowest BCUT2D eigenvalue weighted by atomic mass is 10.0. The van der Waals surface area contributed by atoms with Crippen molar-refractivity contribution in [2.24, 2.45) is 0 Å². The number of carbonyl (C=O) groups excluding carboxylic acids is 1. The van der Waals surface area contributed by atoms with Gasteiger partial charge in [0.25, 0.3) is 0 Å². The Morgan fingerprint density at radius 2 is 2.20 bits per heavy atom. The lowest BCUT2D eigenvalue weighted by molar-refractivity contribution is -0.109. The van der Waals surface area contributed by atoms with E-state index in [0.717, 1.165) is 30.8 Å². The lowest BCUT2D eigenvalue weighted by Gasteiger charge is -2.22. The summed E-state index contributed by atoms with van der Waals surface area (Å²) in [5, 5.41) is 3.23. The Morgan fingerprint density at radius 3 is 2.85 bits per heavy atom. The fourth-order valence-electron chi connectivity index (χ4n) is 2.27. The number of carbonyl (C=O) groups is 1. The Kier molecular flexibility index (Phi) is 4.92. The molecule has 0 fully saturated rings. The maximum atomic E-state index is 12.1. The van der Waals surface area contributed by atoms with E-state index in [1.54, 1.807) is 6.92 Å². The van der Waals surface area contributed by atoms with Crippen LogP contribution in [0.1, 0.15) is 41.2 Å². The Balaban J connectivity index is 2.47. The SMILES string of the molecule is CCOC(=O)c1cc2c(nc1C(OC)OC)NCCC2. The van der Waals surface area contributed by atoms with Crippen LogP contribution < -0.4 is 5.32 Å². The highest BCUT2D eigenvalue weighted by molar-refractivity contribution is 5.91. The fraction of sp³-hybridized carbons (Fsp3) is 0.571. The largest absolute Gasteiger partial charge is 0.462 e. The molecule has 0 aromatic carbocycles. The van der Waals surface area contributed by atoms with Gasteiger partial charge in [-0.25, -0.2) is 9.78 Å². The molecule has 0 bridgehead atoms. The standard InChI is InChI=1S/C14H20N2O4/c1-4-20-13(17)10-8-9-6-5-7-15-12(9)16-11(10)14(18-2)19-3/h8,14H,4-7H2,1-3H3,(H,15,16). The number of methoxy groups -OCH3 is 2. The van der Waals surface area contributed by atoms with E-state index in [-0.39, 0.29) is 0 Å². The molecule has 0 aliphatic carbocycles. The summed E-state index contributed by atoms with van der Waals surface area (Å²) in [6, 6.07) is 1.83. The number of anilines is 1. The van der Waals surface area contributed by atoms with Gasteiger partial charge < -0.3 is 19.5 Å². The van der Waals surface area contributed by atoms with E-state index in [1.165, 1.54) is 14.2 Å². The molecular formula is C14H20N2O4. The van der Waals surface area contributed by atoms with Crippen LogP contribution in [0.4, 0.5) is 5.82 Å². The minimum atomic E-state index is -0.691. The summed E-state index contributed by atoms with van der Waals surface area (Å²) < 4.78 is 15.5. The number of fused-ring (bicyclic) bond motifs is 1. The van der Waals surface area contributed by atoms with Gasteiger partial charge in [0.2, 0.25) is 6.29 Å². The van der Waals surface area contributed by atoms with E-state index in [0.29, 0.717) is 17.9 Å². The Morgan fingerprint density at radius 1 is 1.45 bits per heavy atom. The predicted octanol–water partition coefficient (Wildman–Crippen LogP) is 1.91. The Bertz CT molecular complexity index is 486. The molecule has 1 aliphatic heterocycles. The third-order valence-corrected chi connectivity index (χ3v) is 3.19. The van der Waals surface area contributed by atoms with Gasteiger partial charge in [0.1, 0.15) is 11.5 Å². The van der Waals surface area contributed by atoms with E-state index >= 15 is 0 Å². The normalized spacial score (nSPS) is 13.8. The minimum absolute atomic E-state index is 0.318. The zero-order valence-corrected chi connectivity index (χ0v) is 12.1. The van der Waals surface area contributed by atoms with Crippen LogP contribution in [-0.2, 0) is 20.6 Å². The second-order valence-corrected chi connectivity index (χ2v) is 4.48. The van der Waals surface area contributed by atoms with E-state index in [9.17, 15) is 4.79 Å². The first-order valence-corrected chi connectivity index (χ1v) is 6.71. The number of pyridine rings is 1. The zero-order valence-electron chi connectivity index (χ0n) is 12.1. The fourth-order valence-corrected chi connectivity index (χ4v) is 2.27. The molecule has 0 atom stereocenters. The molecule has 1 N–H and O–H groups in total. The summed E-state index contributed by atoms with van der Waals surface area (Å²) in [6.45, 7) is 2.97. The number of aromatic nitrogens is 1. The van der Waals surface area contributed by atoms with Crippen LogP contribution in [0.25, 0.3) is 0 Å². The molecule has 20 heavy (non-hydrogen) atoms. The second kappa shape index (κ2) is 6.67. The van der Waals surface area contributed by atoms with Crippen LogP contribution in [0.15, 0.2) is 6.07 Å². The summed E-state index contributed by atoms with van der Waals surface area (Å²) in [5.74, 6) is 0.390. The molecular weight excluding hydrogens is 260 g/mol. The van der Waals surface area contributed by atoms with Crippen LogP contribution in [0, 0.1) is 0 Å². The number of esters is 1. The predicted molar refractivity (Wildman–Crippen MR) is 73.8 cm³/mol. The summed E-state index contributed by atoms with van der Waals surface area (Å²) in [5.41, 5.74) is 1.87. The van der Waals surface area contributed by atoms with Gasteiger partial charge in [-0.1, -0.05) is 0 Å². The average Bonchev–Trinajstić information content (AvgIpc) is 2.48. The highest BCUT2D eigenvalue weighted by Gasteiger charge is 2.25. The summed E-state index contributed by atoms with van der Waals surface area (Å²) in [6.07, 6.45) is 1.23. The molecule has 110 valence electrons. The first kappa shape index (κ1) is 14.7. The highest BCUT2D eigenvalue weighted by atomic mass is 16.7. The maximum absolute atomic E-state index is 12.1. The van der Waals surface area contributed by atoms with E-state index < -0.39 is 12.3 Å². The van der Waals surface area contributed by atoms with Crippen LogP contribution >= 0.6 is 0 Å². The number of nitrogens with zero attached hydrogens (tertiary/aromatic N) is 1. The summed E-state index contributed by atoms with van der Waals surface area (Å²) in [7, 11) is 3.02. The van der Waals surface area contributed by atoms with Crippen LogP contribution in [0.2, 0.25) is 0 Å². The molecule has 1 aromatic heterocycles. The van der Waals surface area contributed by atoms with E-state index in [2.05, 4.69) is 10.3 Å². The maximum Gasteiger partial charge on any atom is 0.340 e. The molecule has 0 saturated carbocycles. The molecule has 6 heteroatoms. The van der Waals surface area contributed by atoms with Gasteiger partial charge in [-0.15, -0.1) is 0 Å².